The van der Waals surface area contributed by atoms with E-state index in [4.69, 9.17) is 0 Å². The van der Waals surface area contributed by atoms with Crippen LogP contribution in [0, 0.1) is 11.6 Å². The average Bonchev–Trinajstić information content (AvgIpc) is 2.69. The normalized spacial score (nSPS) is 13.3. The van der Waals surface area contributed by atoms with Crippen molar-refractivity contribution >= 4 is 29.1 Å². The molecule has 2 aromatic carbocycles. The molecule has 0 spiro atoms. The molecule has 20 heavy (non-hydrogen) atoms. The first-order chi connectivity index (χ1) is 9.54. The zero-order valence-corrected chi connectivity index (χ0v) is 10.8. The van der Waals surface area contributed by atoms with Crippen LogP contribution in [-0.4, -0.2) is 11.7 Å². The van der Waals surface area contributed by atoms with Crippen LogP contribution in [0.25, 0.3) is 0 Å². The molecule has 1 aliphatic heterocycles. The first-order valence-corrected chi connectivity index (χ1v) is 6.49. The quantitative estimate of drug-likeness (QED) is 0.864. The van der Waals surface area contributed by atoms with Crippen molar-refractivity contribution in [3.05, 3.63) is 53.6 Å². The van der Waals surface area contributed by atoms with Gasteiger partial charge in [-0.05, 0) is 36.4 Å². The van der Waals surface area contributed by atoms with E-state index >= 15 is 0 Å². The number of Topliss-reactive ketones (excluding diaryl/α,β-unsaturated/α-hetero) is 1. The SMILES string of the molecule is O=C1Nc2cc(Sc3cc(F)ccc3F)ccc2C1=O. The van der Waals surface area contributed by atoms with Gasteiger partial charge in [-0.3, -0.25) is 9.59 Å². The van der Waals surface area contributed by atoms with Gasteiger partial charge in [0.05, 0.1) is 16.1 Å². The van der Waals surface area contributed by atoms with Crippen molar-refractivity contribution in [2.45, 2.75) is 9.79 Å². The van der Waals surface area contributed by atoms with E-state index in [0.29, 0.717) is 16.1 Å². The number of hydrogen-bond acceptors (Lipinski definition) is 3. The molecular formula is C14H7F2NO2S. The van der Waals surface area contributed by atoms with Gasteiger partial charge < -0.3 is 5.32 Å². The largest absolute Gasteiger partial charge is 0.318 e. The molecule has 0 saturated heterocycles. The molecule has 100 valence electrons. The van der Waals surface area contributed by atoms with E-state index in [1.807, 2.05) is 0 Å². The third-order valence-electron chi connectivity index (χ3n) is 2.81. The molecule has 0 saturated carbocycles. The van der Waals surface area contributed by atoms with E-state index < -0.39 is 23.3 Å². The van der Waals surface area contributed by atoms with E-state index in [1.165, 1.54) is 6.07 Å². The summed E-state index contributed by atoms with van der Waals surface area (Å²) in [5.74, 6) is -2.33. The second kappa shape index (κ2) is 4.72. The van der Waals surface area contributed by atoms with Crippen molar-refractivity contribution in [3.8, 4) is 0 Å². The van der Waals surface area contributed by atoms with Crippen LogP contribution >= 0.6 is 11.8 Å². The molecule has 1 heterocycles. The Bertz CT molecular complexity index is 746. The summed E-state index contributed by atoms with van der Waals surface area (Å²) in [6, 6.07) is 7.84. The molecule has 1 amide bonds. The first-order valence-electron chi connectivity index (χ1n) is 5.67. The highest BCUT2D eigenvalue weighted by molar-refractivity contribution is 7.99. The fourth-order valence-electron chi connectivity index (χ4n) is 1.87. The van der Waals surface area contributed by atoms with Crippen LogP contribution in [0.15, 0.2) is 46.2 Å². The van der Waals surface area contributed by atoms with Gasteiger partial charge in [-0.1, -0.05) is 11.8 Å². The number of halogens is 2. The summed E-state index contributed by atoms with van der Waals surface area (Å²) < 4.78 is 26.6. The summed E-state index contributed by atoms with van der Waals surface area (Å²) >= 11 is 1.02. The average molecular weight is 291 g/mol. The van der Waals surface area contributed by atoms with Crippen molar-refractivity contribution in [2.75, 3.05) is 5.32 Å². The molecule has 3 rings (SSSR count). The summed E-state index contributed by atoms with van der Waals surface area (Å²) in [7, 11) is 0. The summed E-state index contributed by atoms with van der Waals surface area (Å²) in [4.78, 5) is 23.4. The maximum Gasteiger partial charge on any atom is 0.296 e. The molecule has 1 N–H and O–H groups in total. The number of anilines is 1. The second-order valence-electron chi connectivity index (χ2n) is 4.17. The van der Waals surface area contributed by atoms with Crippen molar-refractivity contribution in [2.24, 2.45) is 0 Å². The smallest absolute Gasteiger partial charge is 0.296 e. The van der Waals surface area contributed by atoms with Gasteiger partial charge in [0.1, 0.15) is 11.6 Å². The van der Waals surface area contributed by atoms with E-state index in [2.05, 4.69) is 5.32 Å². The predicted molar refractivity (Wildman–Crippen MR) is 69.9 cm³/mol. The fourth-order valence-corrected chi connectivity index (χ4v) is 2.78. The van der Waals surface area contributed by atoms with Gasteiger partial charge in [0.15, 0.2) is 0 Å². The first kappa shape index (κ1) is 12.8. The van der Waals surface area contributed by atoms with Crippen molar-refractivity contribution in [1.82, 2.24) is 0 Å². The third kappa shape index (κ3) is 2.18. The molecule has 0 aromatic heterocycles. The Balaban J connectivity index is 1.93. The van der Waals surface area contributed by atoms with Crippen LogP contribution < -0.4 is 5.32 Å². The highest BCUT2D eigenvalue weighted by atomic mass is 32.2. The van der Waals surface area contributed by atoms with Crippen LogP contribution in [0.1, 0.15) is 10.4 Å². The number of ketones is 1. The fraction of sp³-hybridized carbons (Fsp3) is 0. The molecule has 2 aromatic rings. The van der Waals surface area contributed by atoms with Gasteiger partial charge >= 0.3 is 0 Å². The summed E-state index contributed by atoms with van der Waals surface area (Å²) in [5, 5.41) is 2.43. The second-order valence-corrected chi connectivity index (χ2v) is 5.28. The van der Waals surface area contributed by atoms with Crippen LogP contribution in [0.5, 0.6) is 0 Å². The lowest BCUT2D eigenvalue weighted by Gasteiger charge is -2.05. The summed E-state index contributed by atoms with van der Waals surface area (Å²) in [5.41, 5.74) is 0.681. The molecule has 0 radical (unpaired) electrons. The Morgan fingerprint density at radius 3 is 2.60 bits per heavy atom. The molecule has 3 nitrogen and oxygen atoms in total. The zero-order chi connectivity index (χ0) is 14.3. The topological polar surface area (TPSA) is 46.2 Å². The van der Waals surface area contributed by atoms with Crippen LogP contribution in [-0.2, 0) is 4.79 Å². The van der Waals surface area contributed by atoms with Crippen molar-refractivity contribution in [3.63, 3.8) is 0 Å². The van der Waals surface area contributed by atoms with Gasteiger partial charge in [-0.25, -0.2) is 8.78 Å². The number of rotatable bonds is 2. The predicted octanol–water partition coefficient (Wildman–Crippen LogP) is 3.25. The Hall–Kier alpha value is -2.21. The van der Waals surface area contributed by atoms with Gasteiger partial charge in [-0.15, -0.1) is 0 Å². The van der Waals surface area contributed by atoms with Gasteiger partial charge in [0.2, 0.25) is 0 Å². The lowest BCUT2D eigenvalue weighted by Crippen LogP contribution is -2.12. The minimum absolute atomic E-state index is 0.139. The molecule has 6 heteroatoms. The van der Waals surface area contributed by atoms with E-state index in [0.717, 1.165) is 30.0 Å². The lowest BCUT2D eigenvalue weighted by atomic mass is 10.1. The van der Waals surface area contributed by atoms with Crippen LogP contribution in [0.2, 0.25) is 0 Å². The summed E-state index contributed by atoms with van der Waals surface area (Å²) in [6.07, 6.45) is 0. The molecule has 0 fully saturated rings. The Kier molecular flexibility index (Phi) is 3.02. The molecular weight excluding hydrogens is 284 g/mol. The Morgan fingerprint density at radius 2 is 1.80 bits per heavy atom. The molecule has 1 aliphatic rings. The Morgan fingerprint density at radius 1 is 1.00 bits per heavy atom. The number of fused-ring (bicyclic) bond motifs is 1. The Labute approximate surface area is 117 Å². The van der Waals surface area contributed by atoms with Gasteiger partial charge in [0, 0.05) is 4.90 Å². The third-order valence-corrected chi connectivity index (χ3v) is 3.83. The highest BCUT2D eigenvalue weighted by Gasteiger charge is 2.27. The van der Waals surface area contributed by atoms with Gasteiger partial charge in [-0.2, -0.15) is 0 Å². The number of nitrogens with one attached hydrogen (secondary N) is 1. The maximum absolute atomic E-state index is 13.5. The summed E-state index contributed by atoms with van der Waals surface area (Å²) in [6.45, 7) is 0. The standard InChI is InChI=1S/C14H7F2NO2S/c15-7-1-4-10(16)12(5-7)20-8-2-3-9-11(6-8)17-14(19)13(9)18/h1-6H,(H,17,18,19). The van der Waals surface area contributed by atoms with Gasteiger partial charge in [0.25, 0.3) is 11.7 Å². The molecule has 0 bridgehead atoms. The van der Waals surface area contributed by atoms with Crippen LogP contribution in [0.3, 0.4) is 0 Å². The van der Waals surface area contributed by atoms with E-state index in [1.54, 1.807) is 12.1 Å². The number of carbonyl (C=O) groups is 2. The number of benzene rings is 2. The minimum Gasteiger partial charge on any atom is -0.318 e. The highest BCUT2D eigenvalue weighted by Crippen LogP contribution is 2.34. The monoisotopic (exact) mass is 291 g/mol. The maximum atomic E-state index is 13.5. The van der Waals surface area contributed by atoms with E-state index in [9.17, 15) is 18.4 Å². The minimum atomic E-state index is -0.681. The number of carbonyl (C=O) groups excluding carboxylic acids is 2. The lowest BCUT2D eigenvalue weighted by molar-refractivity contribution is -0.112. The number of amides is 1. The molecule has 0 aliphatic carbocycles. The molecule has 0 atom stereocenters. The number of hydrogen-bond donors (Lipinski definition) is 1. The zero-order valence-electron chi connectivity index (χ0n) is 9.94. The van der Waals surface area contributed by atoms with Crippen molar-refractivity contribution in [1.29, 1.82) is 0 Å². The van der Waals surface area contributed by atoms with E-state index in [-0.39, 0.29) is 4.90 Å². The molecule has 0 unspecified atom stereocenters. The van der Waals surface area contributed by atoms with Crippen molar-refractivity contribution < 1.29 is 18.4 Å². The van der Waals surface area contributed by atoms with Crippen LogP contribution in [0.4, 0.5) is 14.5 Å².